The highest BCUT2D eigenvalue weighted by Crippen LogP contribution is 2.50. The van der Waals surface area contributed by atoms with Gasteiger partial charge in [0.05, 0.1) is 0 Å². The number of hydrogen-bond donors (Lipinski definition) is 0. The monoisotopic (exact) mass is 204 g/mol. The maximum atomic E-state index is 8.74. The third-order valence-electron chi connectivity index (χ3n) is 2.14. The Morgan fingerprint density at radius 1 is 1.29 bits per heavy atom. The van der Waals surface area contributed by atoms with Gasteiger partial charge in [-0.1, -0.05) is 29.8 Å². The standard InChI is InChI=1S/C10H5ClN2O/c11-8-4-2-1-3-7(8)9-10(5-12,6-13)14-9/h1-4,9H. The van der Waals surface area contributed by atoms with E-state index in [0.29, 0.717) is 10.6 Å². The van der Waals surface area contributed by atoms with Crippen LogP contribution >= 0.6 is 11.6 Å². The van der Waals surface area contributed by atoms with Gasteiger partial charge in [0.15, 0.2) is 0 Å². The fourth-order valence-corrected chi connectivity index (χ4v) is 1.55. The van der Waals surface area contributed by atoms with Gasteiger partial charge in [-0.05, 0) is 6.07 Å². The Bertz CT molecular complexity index is 444. The molecule has 0 bridgehead atoms. The van der Waals surface area contributed by atoms with Crippen LogP contribution in [-0.4, -0.2) is 5.60 Å². The first-order valence-corrected chi connectivity index (χ1v) is 4.36. The molecule has 0 aromatic heterocycles. The number of ether oxygens (including phenoxy) is 1. The summed E-state index contributed by atoms with van der Waals surface area (Å²) in [6.45, 7) is 0. The molecule has 0 radical (unpaired) electrons. The van der Waals surface area contributed by atoms with E-state index < -0.39 is 11.7 Å². The average molecular weight is 205 g/mol. The van der Waals surface area contributed by atoms with Crippen LogP contribution in [0.2, 0.25) is 5.02 Å². The molecule has 0 aliphatic carbocycles. The van der Waals surface area contributed by atoms with Crippen LogP contribution in [0.5, 0.6) is 0 Å². The third-order valence-corrected chi connectivity index (χ3v) is 2.48. The fourth-order valence-electron chi connectivity index (χ4n) is 1.32. The second-order valence-electron chi connectivity index (χ2n) is 2.98. The Labute approximate surface area is 86.1 Å². The topological polar surface area (TPSA) is 60.1 Å². The normalized spacial score (nSPS) is 22.1. The van der Waals surface area contributed by atoms with Crippen LogP contribution < -0.4 is 0 Å². The van der Waals surface area contributed by atoms with Crippen LogP contribution in [0.4, 0.5) is 0 Å². The van der Waals surface area contributed by atoms with Gasteiger partial charge >= 0.3 is 0 Å². The number of nitrogens with zero attached hydrogens (tertiary/aromatic N) is 2. The summed E-state index contributed by atoms with van der Waals surface area (Å²) in [7, 11) is 0. The smallest absolute Gasteiger partial charge is 0.272 e. The van der Waals surface area contributed by atoms with E-state index in [1.807, 2.05) is 12.1 Å². The molecule has 0 saturated carbocycles. The summed E-state index contributed by atoms with van der Waals surface area (Å²) in [5.41, 5.74) is -0.636. The zero-order valence-electron chi connectivity index (χ0n) is 7.07. The molecule has 3 nitrogen and oxygen atoms in total. The summed E-state index contributed by atoms with van der Waals surface area (Å²) in [4.78, 5) is 0. The molecule has 14 heavy (non-hydrogen) atoms. The van der Waals surface area contributed by atoms with Gasteiger partial charge in [0.1, 0.15) is 18.2 Å². The largest absolute Gasteiger partial charge is 0.332 e. The first-order valence-electron chi connectivity index (χ1n) is 3.98. The molecule has 1 atom stereocenters. The van der Waals surface area contributed by atoms with Crippen molar-refractivity contribution in [2.75, 3.05) is 0 Å². The highest BCUT2D eigenvalue weighted by atomic mass is 35.5. The van der Waals surface area contributed by atoms with Gasteiger partial charge in [0.25, 0.3) is 5.60 Å². The summed E-state index contributed by atoms with van der Waals surface area (Å²) < 4.78 is 5.06. The lowest BCUT2D eigenvalue weighted by atomic mass is 10.0. The van der Waals surface area contributed by atoms with Crippen molar-refractivity contribution in [2.45, 2.75) is 11.7 Å². The van der Waals surface area contributed by atoms with Crippen LogP contribution in [-0.2, 0) is 4.74 Å². The van der Waals surface area contributed by atoms with Gasteiger partial charge in [0, 0.05) is 10.6 Å². The minimum absolute atomic E-state index is 0.508. The molecule has 4 heteroatoms. The number of rotatable bonds is 1. The fraction of sp³-hybridized carbons (Fsp3) is 0.200. The minimum atomic E-state index is -1.33. The predicted molar refractivity (Wildman–Crippen MR) is 49.2 cm³/mol. The van der Waals surface area contributed by atoms with Crippen LogP contribution in [0.1, 0.15) is 11.7 Å². The number of benzene rings is 1. The van der Waals surface area contributed by atoms with E-state index >= 15 is 0 Å². The second kappa shape index (κ2) is 2.99. The molecule has 0 N–H and O–H groups in total. The van der Waals surface area contributed by atoms with E-state index in [4.69, 9.17) is 26.9 Å². The van der Waals surface area contributed by atoms with Gasteiger partial charge in [0.2, 0.25) is 0 Å². The first kappa shape index (κ1) is 9.02. The molecule has 1 aliphatic heterocycles. The second-order valence-corrected chi connectivity index (χ2v) is 3.39. The number of hydrogen-bond acceptors (Lipinski definition) is 3. The van der Waals surface area contributed by atoms with Crippen molar-refractivity contribution in [3.63, 3.8) is 0 Å². The van der Waals surface area contributed by atoms with Crippen LogP contribution in [0.3, 0.4) is 0 Å². The van der Waals surface area contributed by atoms with E-state index in [9.17, 15) is 0 Å². The molecular weight excluding hydrogens is 200 g/mol. The summed E-state index contributed by atoms with van der Waals surface area (Å²) in [6.07, 6.45) is -0.508. The zero-order valence-corrected chi connectivity index (χ0v) is 7.82. The van der Waals surface area contributed by atoms with Crippen LogP contribution in [0, 0.1) is 22.7 Å². The Morgan fingerprint density at radius 2 is 1.93 bits per heavy atom. The van der Waals surface area contributed by atoms with Crippen molar-refractivity contribution in [3.8, 4) is 12.1 Å². The van der Waals surface area contributed by atoms with Crippen molar-refractivity contribution >= 4 is 11.6 Å². The Hall–Kier alpha value is -1.55. The van der Waals surface area contributed by atoms with Gasteiger partial charge in [-0.2, -0.15) is 10.5 Å². The van der Waals surface area contributed by atoms with E-state index in [0.717, 1.165) is 0 Å². The third kappa shape index (κ3) is 1.15. The summed E-state index contributed by atoms with van der Waals surface area (Å²) in [5, 5.41) is 18.0. The quantitative estimate of drug-likeness (QED) is 0.659. The molecular formula is C10H5ClN2O. The van der Waals surface area contributed by atoms with Gasteiger partial charge in [-0.3, -0.25) is 0 Å². The molecule has 1 heterocycles. The number of halogens is 1. The summed E-state index contributed by atoms with van der Waals surface area (Å²) in [5.74, 6) is 0. The highest BCUT2D eigenvalue weighted by molar-refractivity contribution is 6.31. The lowest BCUT2D eigenvalue weighted by Gasteiger charge is -1.97. The molecule has 1 fully saturated rings. The lowest BCUT2D eigenvalue weighted by molar-refractivity contribution is 0.369. The molecule has 1 aliphatic rings. The maximum Gasteiger partial charge on any atom is 0.272 e. The van der Waals surface area contributed by atoms with Crippen molar-refractivity contribution in [3.05, 3.63) is 34.9 Å². The molecule has 1 unspecified atom stereocenters. The van der Waals surface area contributed by atoms with Crippen molar-refractivity contribution in [1.29, 1.82) is 10.5 Å². The van der Waals surface area contributed by atoms with Crippen molar-refractivity contribution in [1.82, 2.24) is 0 Å². The Balaban J connectivity index is 2.36. The molecule has 1 saturated heterocycles. The highest BCUT2D eigenvalue weighted by Gasteiger charge is 2.60. The SMILES string of the molecule is N#CC1(C#N)OC1c1ccccc1Cl. The average Bonchev–Trinajstić information content (AvgIpc) is 2.94. The maximum absolute atomic E-state index is 8.74. The van der Waals surface area contributed by atoms with Crippen LogP contribution in [0.15, 0.2) is 24.3 Å². The van der Waals surface area contributed by atoms with E-state index in [1.54, 1.807) is 24.3 Å². The molecule has 68 valence electrons. The van der Waals surface area contributed by atoms with Gasteiger partial charge in [-0.15, -0.1) is 0 Å². The molecule has 0 amide bonds. The zero-order chi connectivity index (χ0) is 10.2. The van der Waals surface area contributed by atoms with Crippen molar-refractivity contribution in [2.24, 2.45) is 0 Å². The molecule has 1 aromatic carbocycles. The minimum Gasteiger partial charge on any atom is -0.332 e. The Morgan fingerprint density at radius 3 is 2.43 bits per heavy atom. The predicted octanol–water partition coefficient (Wildman–Crippen LogP) is 2.20. The van der Waals surface area contributed by atoms with Gasteiger partial charge in [-0.25, -0.2) is 0 Å². The number of nitriles is 2. The van der Waals surface area contributed by atoms with Crippen molar-refractivity contribution < 1.29 is 4.74 Å². The molecule has 0 spiro atoms. The van der Waals surface area contributed by atoms with E-state index in [1.165, 1.54) is 0 Å². The lowest BCUT2D eigenvalue weighted by Crippen LogP contribution is -2.04. The van der Waals surface area contributed by atoms with Gasteiger partial charge < -0.3 is 4.74 Å². The number of epoxide rings is 1. The first-order chi connectivity index (χ1) is 6.73. The van der Waals surface area contributed by atoms with E-state index in [-0.39, 0.29) is 0 Å². The summed E-state index contributed by atoms with van der Waals surface area (Å²) >= 11 is 5.90. The summed E-state index contributed by atoms with van der Waals surface area (Å²) in [6, 6.07) is 10.7. The van der Waals surface area contributed by atoms with E-state index in [2.05, 4.69) is 0 Å². The molecule has 1 aromatic rings. The van der Waals surface area contributed by atoms with Crippen LogP contribution in [0.25, 0.3) is 0 Å². The molecule has 2 rings (SSSR count). The Kier molecular flexibility index (Phi) is 1.93.